The average Bonchev–Trinajstić information content (AvgIpc) is 2.28. The Kier molecular flexibility index (Phi) is 1.77. The number of nitrogens with one attached hydrogen (secondary N) is 1. The van der Waals surface area contributed by atoms with Crippen LogP contribution in [-0.2, 0) is 0 Å². The van der Waals surface area contributed by atoms with Crippen LogP contribution in [0.4, 0.5) is 0 Å². The fourth-order valence-corrected chi connectivity index (χ4v) is 1.36. The second-order valence-electron chi connectivity index (χ2n) is 2.95. The SMILES string of the molecule is NC1=CCC=Cc2[nH]c(=O)ccc21. The highest BCUT2D eigenvalue weighted by atomic mass is 16.1. The van der Waals surface area contributed by atoms with E-state index in [0.29, 0.717) is 0 Å². The van der Waals surface area contributed by atoms with Gasteiger partial charge in [0.1, 0.15) is 0 Å². The van der Waals surface area contributed by atoms with E-state index in [-0.39, 0.29) is 5.56 Å². The minimum absolute atomic E-state index is 0.0990. The first kappa shape index (κ1) is 7.86. The molecule has 1 heterocycles. The van der Waals surface area contributed by atoms with Gasteiger partial charge in [-0.25, -0.2) is 0 Å². The predicted octanol–water partition coefficient (Wildman–Crippen LogP) is 1.09. The monoisotopic (exact) mass is 174 g/mol. The van der Waals surface area contributed by atoms with Gasteiger partial charge in [-0.05, 0) is 18.6 Å². The van der Waals surface area contributed by atoms with Gasteiger partial charge < -0.3 is 10.7 Å². The van der Waals surface area contributed by atoms with Crippen molar-refractivity contribution in [1.29, 1.82) is 0 Å². The lowest BCUT2D eigenvalue weighted by atomic mass is 10.1. The molecule has 1 aliphatic carbocycles. The first-order valence-electron chi connectivity index (χ1n) is 4.13. The molecule has 13 heavy (non-hydrogen) atoms. The highest BCUT2D eigenvalue weighted by Gasteiger charge is 2.04. The minimum Gasteiger partial charge on any atom is -0.398 e. The quantitative estimate of drug-likeness (QED) is 0.618. The molecule has 0 unspecified atom stereocenters. The van der Waals surface area contributed by atoms with Crippen LogP contribution >= 0.6 is 0 Å². The third-order valence-corrected chi connectivity index (χ3v) is 2.02. The average molecular weight is 174 g/mol. The summed E-state index contributed by atoms with van der Waals surface area (Å²) in [6, 6.07) is 3.23. The zero-order valence-corrected chi connectivity index (χ0v) is 7.08. The van der Waals surface area contributed by atoms with E-state index in [1.807, 2.05) is 18.2 Å². The normalized spacial score (nSPS) is 14.6. The van der Waals surface area contributed by atoms with Gasteiger partial charge in [0.2, 0.25) is 5.56 Å². The number of H-pyrrole nitrogens is 1. The fourth-order valence-electron chi connectivity index (χ4n) is 1.36. The highest BCUT2D eigenvalue weighted by molar-refractivity contribution is 5.72. The first-order chi connectivity index (χ1) is 6.27. The van der Waals surface area contributed by atoms with Crippen molar-refractivity contribution in [3.63, 3.8) is 0 Å². The van der Waals surface area contributed by atoms with Crippen molar-refractivity contribution in [2.24, 2.45) is 5.73 Å². The number of aromatic nitrogens is 1. The van der Waals surface area contributed by atoms with Gasteiger partial charge in [-0.3, -0.25) is 4.79 Å². The lowest BCUT2D eigenvalue weighted by Crippen LogP contribution is -2.09. The molecule has 1 aromatic heterocycles. The summed E-state index contributed by atoms with van der Waals surface area (Å²) >= 11 is 0. The van der Waals surface area contributed by atoms with Crippen LogP contribution in [0.2, 0.25) is 0 Å². The van der Waals surface area contributed by atoms with Crippen molar-refractivity contribution in [3.8, 4) is 0 Å². The molecule has 0 saturated heterocycles. The summed E-state index contributed by atoms with van der Waals surface area (Å²) in [5.74, 6) is 0. The third-order valence-electron chi connectivity index (χ3n) is 2.02. The summed E-state index contributed by atoms with van der Waals surface area (Å²) in [7, 11) is 0. The van der Waals surface area contributed by atoms with Gasteiger partial charge in [0.05, 0.1) is 5.69 Å². The molecule has 1 aromatic rings. The summed E-state index contributed by atoms with van der Waals surface area (Å²) in [6.07, 6.45) is 6.59. The smallest absolute Gasteiger partial charge is 0.248 e. The molecule has 0 radical (unpaired) electrons. The molecular weight excluding hydrogens is 164 g/mol. The Morgan fingerprint density at radius 3 is 3.08 bits per heavy atom. The molecule has 0 atom stereocenters. The molecule has 0 bridgehead atoms. The Morgan fingerprint density at radius 2 is 2.23 bits per heavy atom. The van der Waals surface area contributed by atoms with Crippen LogP contribution in [0.5, 0.6) is 0 Å². The Labute approximate surface area is 75.6 Å². The van der Waals surface area contributed by atoms with Crippen molar-refractivity contribution >= 4 is 11.8 Å². The van der Waals surface area contributed by atoms with E-state index in [1.54, 1.807) is 6.07 Å². The van der Waals surface area contributed by atoms with Crippen molar-refractivity contribution in [2.75, 3.05) is 0 Å². The molecule has 0 amide bonds. The van der Waals surface area contributed by atoms with Gasteiger partial charge in [0, 0.05) is 17.3 Å². The number of aromatic amines is 1. The van der Waals surface area contributed by atoms with E-state index in [9.17, 15) is 4.79 Å². The predicted molar refractivity (Wildman–Crippen MR) is 52.9 cm³/mol. The second-order valence-corrected chi connectivity index (χ2v) is 2.95. The van der Waals surface area contributed by atoms with E-state index in [4.69, 9.17) is 5.73 Å². The van der Waals surface area contributed by atoms with Crippen LogP contribution in [0.1, 0.15) is 17.7 Å². The molecule has 66 valence electrons. The lowest BCUT2D eigenvalue weighted by Gasteiger charge is -2.03. The van der Waals surface area contributed by atoms with E-state index < -0.39 is 0 Å². The van der Waals surface area contributed by atoms with Gasteiger partial charge in [-0.15, -0.1) is 0 Å². The molecule has 0 aliphatic heterocycles. The number of hydrogen-bond acceptors (Lipinski definition) is 2. The van der Waals surface area contributed by atoms with Crippen molar-refractivity contribution in [1.82, 2.24) is 4.98 Å². The van der Waals surface area contributed by atoms with Crippen LogP contribution in [0.25, 0.3) is 11.8 Å². The summed E-state index contributed by atoms with van der Waals surface area (Å²) < 4.78 is 0. The third kappa shape index (κ3) is 1.40. The van der Waals surface area contributed by atoms with Crippen LogP contribution < -0.4 is 11.3 Å². The summed E-state index contributed by atoms with van der Waals surface area (Å²) in [6.45, 7) is 0. The molecule has 0 spiro atoms. The van der Waals surface area contributed by atoms with Gasteiger partial charge in [0.25, 0.3) is 0 Å². The zero-order chi connectivity index (χ0) is 9.26. The van der Waals surface area contributed by atoms with E-state index >= 15 is 0 Å². The second kappa shape index (κ2) is 2.94. The maximum atomic E-state index is 11.0. The molecule has 2 rings (SSSR count). The summed E-state index contributed by atoms with van der Waals surface area (Å²) in [4.78, 5) is 13.7. The van der Waals surface area contributed by atoms with Crippen LogP contribution in [0.3, 0.4) is 0 Å². The summed E-state index contributed by atoms with van der Waals surface area (Å²) in [5.41, 5.74) is 8.10. The zero-order valence-electron chi connectivity index (χ0n) is 7.08. The Bertz CT molecular complexity index is 440. The van der Waals surface area contributed by atoms with Gasteiger partial charge >= 0.3 is 0 Å². The largest absolute Gasteiger partial charge is 0.398 e. The van der Waals surface area contributed by atoms with E-state index in [0.717, 1.165) is 23.4 Å². The van der Waals surface area contributed by atoms with Gasteiger partial charge in [-0.1, -0.05) is 12.2 Å². The van der Waals surface area contributed by atoms with Crippen LogP contribution in [0, 0.1) is 0 Å². The Hall–Kier alpha value is -1.77. The maximum absolute atomic E-state index is 11.0. The number of allylic oxidation sites excluding steroid dienone is 2. The van der Waals surface area contributed by atoms with Gasteiger partial charge in [0.15, 0.2) is 0 Å². The van der Waals surface area contributed by atoms with Crippen molar-refractivity contribution < 1.29 is 0 Å². The van der Waals surface area contributed by atoms with Gasteiger partial charge in [-0.2, -0.15) is 0 Å². The van der Waals surface area contributed by atoms with E-state index in [2.05, 4.69) is 4.98 Å². The minimum atomic E-state index is -0.0990. The fraction of sp³-hybridized carbons (Fsp3) is 0.100. The molecule has 1 aliphatic rings. The molecule has 0 saturated carbocycles. The molecular formula is C10H10N2O. The topological polar surface area (TPSA) is 58.9 Å². The number of hydrogen-bond donors (Lipinski definition) is 2. The lowest BCUT2D eigenvalue weighted by molar-refractivity contribution is 1.20. The van der Waals surface area contributed by atoms with Crippen LogP contribution in [0.15, 0.2) is 29.1 Å². The number of fused-ring (bicyclic) bond motifs is 1. The Morgan fingerprint density at radius 1 is 1.38 bits per heavy atom. The van der Waals surface area contributed by atoms with Crippen LogP contribution in [-0.4, -0.2) is 4.98 Å². The molecule has 3 nitrogen and oxygen atoms in total. The standard InChI is InChI=1S/C10H10N2O/c11-8-3-1-2-4-9-7(8)5-6-10(13)12-9/h2-6H,1,11H2,(H,12,13). The van der Waals surface area contributed by atoms with Crippen molar-refractivity contribution in [3.05, 3.63) is 45.9 Å². The maximum Gasteiger partial charge on any atom is 0.248 e. The first-order valence-corrected chi connectivity index (χ1v) is 4.13. The highest BCUT2D eigenvalue weighted by Crippen LogP contribution is 2.17. The molecule has 3 heteroatoms. The molecule has 3 N–H and O–H groups in total. The number of rotatable bonds is 0. The Balaban J connectivity index is 2.69. The van der Waals surface area contributed by atoms with Crippen molar-refractivity contribution in [2.45, 2.75) is 6.42 Å². The molecule has 0 fully saturated rings. The number of nitrogens with two attached hydrogens (primary N) is 1. The summed E-state index contributed by atoms with van der Waals surface area (Å²) in [5, 5.41) is 0. The molecule has 0 aromatic carbocycles. The van der Waals surface area contributed by atoms with E-state index in [1.165, 1.54) is 6.07 Å². The number of pyridine rings is 1.